The van der Waals surface area contributed by atoms with Crippen LogP contribution in [0, 0.1) is 6.92 Å². The summed E-state index contributed by atoms with van der Waals surface area (Å²) in [6, 6.07) is 3.52. The molecule has 2 amide bonds. The van der Waals surface area contributed by atoms with Crippen LogP contribution in [0.1, 0.15) is 30.5 Å². The van der Waals surface area contributed by atoms with Crippen molar-refractivity contribution in [1.82, 2.24) is 20.0 Å². The lowest BCUT2D eigenvalue weighted by Crippen LogP contribution is -2.40. The van der Waals surface area contributed by atoms with Crippen LogP contribution in [0.3, 0.4) is 0 Å². The maximum atomic E-state index is 12.2. The Morgan fingerprint density at radius 2 is 2.24 bits per heavy atom. The smallest absolute Gasteiger partial charge is 0.321 e. The van der Waals surface area contributed by atoms with Crippen molar-refractivity contribution >= 4 is 11.7 Å². The maximum absolute atomic E-state index is 12.2. The third kappa shape index (κ3) is 3.18. The number of rotatable bonds is 2. The summed E-state index contributed by atoms with van der Waals surface area (Å²) in [4.78, 5) is 22.2. The molecule has 7 heteroatoms. The van der Waals surface area contributed by atoms with Crippen molar-refractivity contribution in [3.8, 4) is 0 Å². The summed E-state index contributed by atoms with van der Waals surface area (Å²) in [7, 11) is 0. The van der Waals surface area contributed by atoms with Gasteiger partial charge in [0, 0.05) is 25.2 Å². The van der Waals surface area contributed by atoms with E-state index in [2.05, 4.69) is 20.4 Å². The first kappa shape index (κ1) is 13.5. The number of hydrogen-bond donors (Lipinski definition) is 1. The van der Waals surface area contributed by atoms with Gasteiger partial charge in [0.2, 0.25) is 5.89 Å². The van der Waals surface area contributed by atoms with Crippen molar-refractivity contribution in [2.45, 2.75) is 25.7 Å². The number of urea groups is 1. The molecule has 1 saturated heterocycles. The molecule has 1 aliphatic heterocycles. The zero-order valence-corrected chi connectivity index (χ0v) is 11.8. The Bertz CT molecular complexity index is 605. The minimum absolute atomic E-state index is 0.0943. The lowest BCUT2D eigenvalue weighted by Gasteiger charge is -2.30. The molecule has 7 nitrogen and oxygen atoms in total. The lowest BCUT2D eigenvalue weighted by atomic mass is 9.97. The standard InChI is InChI=1S/C14H17N5O2/c1-10-16-13(21-18-10)11-4-7-19(8-5-11)14(20)17-12-3-2-6-15-9-12/h2-3,6,9,11H,4-5,7-8H2,1H3,(H,17,20). The summed E-state index contributed by atoms with van der Waals surface area (Å²) in [6.07, 6.45) is 4.98. The van der Waals surface area contributed by atoms with Crippen LogP contribution in [-0.4, -0.2) is 39.1 Å². The van der Waals surface area contributed by atoms with Gasteiger partial charge in [-0.05, 0) is 31.9 Å². The number of anilines is 1. The second-order valence-corrected chi connectivity index (χ2v) is 5.11. The second kappa shape index (κ2) is 5.90. The summed E-state index contributed by atoms with van der Waals surface area (Å²) in [6.45, 7) is 3.17. The number of aromatic nitrogens is 3. The molecule has 0 aliphatic carbocycles. The number of pyridine rings is 1. The van der Waals surface area contributed by atoms with E-state index in [1.165, 1.54) is 0 Å². The van der Waals surface area contributed by atoms with Gasteiger partial charge < -0.3 is 14.7 Å². The van der Waals surface area contributed by atoms with Crippen LogP contribution in [0.2, 0.25) is 0 Å². The molecule has 21 heavy (non-hydrogen) atoms. The van der Waals surface area contributed by atoms with Crippen LogP contribution in [0.15, 0.2) is 29.0 Å². The van der Waals surface area contributed by atoms with E-state index < -0.39 is 0 Å². The Kier molecular flexibility index (Phi) is 3.81. The highest BCUT2D eigenvalue weighted by atomic mass is 16.5. The van der Waals surface area contributed by atoms with Crippen LogP contribution in [0.5, 0.6) is 0 Å². The molecule has 0 radical (unpaired) electrons. The Balaban J connectivity index is 1.54. The Labute approximate surface area is 122 Å². The molecule has 3 rings (SSSR count). The number of hydrogen-bond acceptors (Lipinski definition) is 5. The molecule has 0 aromatic carbocycles. The third-order valence-corrected chi connectivity index (χ3v) is 3.59. The third-order valence-electron chi connectivity index (χ3n) is 3.59. The minimum Gasteiger partial charge on any atom is -0.339 e. The van der Waals surface area contributed by atoms with Crippen molar-refractivity contribution in [3.63, 3.8) is 0 Å². The number of carbonyl (C=O) groups excluding carboxylic acids is 1. The van der Waals surface area contributed by atoms with E-state index in [1.807, 2.05) is 13.0 Å². The molecule has 0 spiro atoms. The topological polar surface area (TPSA) is 84.2 Å². The number of carbonyl (C=O) groups is 1. The van der Waals surface area contributed by atoms with Crippen molar-refractivity contribution in [2.75, 3.05) is 18.4 Å². The van der Waals surface area contributed by atoms with Gasteiger partial charge in [-0.25, -0.2) is 4.79 Å². The first-order chi connectivity index (χ1) is 10.2. The molecule has 2 aromatic rings. The summed E-state index contributed by atoms with van der Waals surface area (Å²) < 4.78 is 5.21. The first-order valence-electron chi connectivity index (χ1n) is 6.98. The summed E-state index contributed by atoms with van der Waals surface area (Å²) in [5, 5.41) is 6.66. The number of aryl methyl sites for hydroxylation is 1. The van der Waals surface area contributed by atoms with E-state index in [4.69, 9.17) is 4.52 Å². The van der Waals surface area contributed by atoms with E-state index in [-0.39, 0.29) is 11.9 Å². The fourth-order valence-corrected chi connectivity index (χ4v) is 2.45. The van der Waals surface area contributed by atoms with Gasteiger partial charge in [-0.3, -0.25) is 4.98 Å². The molecule has 1 fully saturated rings. The Hall–Kier alpha value is -2.44. The van der Waals surface area contributed by atoms with Crippen LogP contribution in [0.25, 0.3) is 0 Å². The van der Waals surface area contributed by atoms with Gasteiger partial charge in [0.25, 0.3) is 0 Å². The number of amides is 2. The zero-order valence-electron chi connectivity index (χ0n) is 11.8. The van der Waals surface area contributed by atoms with Gasteiger partial charge in [0.15, 0.2) is 5.82 Å². The average molecular weight is 287 g/mol. The normalized spacial score (nSPS) is 16.0. The van der Waals surface area contributed by atoms with Crippen LogP contribution in [-0.2, 0) is 0 Å². The molecular formula is C14H17N5O2. The lowest BCUT2D eigenvalue weighted by molar-refractivity contribution is 0.187. The van der Waals surface area contributed by atoms with Crippen LogP contribution >= 0.6 is 0 Å². The van der Waals surface area contributed by atoms with Crippen molar-refractivity contribution < 1.29 is 9.32 Å². The number of likely N-dealkylation sites (tertiary alicyclic amines) is 1. The van der Waals surface area contributed by atoms with E-state index in [0.717, 1.165) is 12.8 Å². The summed E-state index contributed by atoms with van der Waals surface area (Å²) in [5.41, 5.74) is 0.706. The highest BCUT2D eigenvalue weighted by Crippen LogP contribution is 2.26. The fraction of sp³-hybridized carbons (Fsp3) is 0.429. The predicted molar refractivity (Wildman–Crippen MR) is 75.8 cm³/mol. The van der Waals surface area contributed by atoms with Gasteiger partial charge in [0.1, 0.15) is 0 Å². The monoisotopic (exact) mass is 287 g/mol. The van der Waals surface area contributed by atoms with Crippen molar-refractivity contribution in [2.24, 2.45) is 0 Å². The van der Waals surface area contributed by atoms with Gasteiger partial charge in [-0.2, -0.15) is 4.98 Å². The van der Waals surface area contributed by atoms with E-state index in [9.17, 15) is 4.79 Å². The zero-order chi connectivity index (χ0) is 14.7. The molecule has 0 bridgehead atoms. The molecule has 2 aromatic heterocycles. The molecule has 0 saturated carbocycles. The molecular weight excluding hydrogens is 270 g/mol. The highest BCUT2D eigenvalue weighted by Gasteiger charge is 2.27. The average Bonchev–Trinajstić information content (AvgIpc) is 2.95. The SMILES string of the molecule is Cc1noc(C2CCN(C(=O)Nc3cccnc3)CC2)n1. The number of nitrogens with one attached hydrogen (secondary N) is 1. The van der Waals surface area contributed by atoms with Crippen molar-refractivity contribution in [1.29, 1.82) is 0 Å². The maximum Gasteiger partial charge on any atom is 0.321 e. The summed E-state index contributed by atoms with van der Waals surface area (Å²) in [5.74, 6) is 1.58. The molecule has 0 atom stereocenters. The number of piperidine rings is 1. The Morgan fingerprint density at radius 1 is 1.43 bits per heavy atom. The van der Waals surface area contributed by atoms with E-state index in [0.29, 0.717) is 30.5 Å². The quantitative estimate of drug-likeness (QED) is 0.915. The van der Waals surface area contributed by atoms with E-state index >= 15 is 0 Å². The molecule has 1 N–H and O–H groups in total. The number of nitrogens with zero attached hydrogens (tertiary/aromatic N) is 4. The minimum atomic E-state index is -0.0943. The van der Waals surface area contributed by atoms with Gasteiger partial charge in [-0.1, -0.05) is 5.16 Å². The highest BCUT2D eigenvalue weighted by molar-refractivity contribution is 5.89. The fourth-order valence-electron chi connectivity index (χ4n) is 2.45. The second-order valence-electron chi connectivity index (χ2n) is 5.11. The largest absolute Gasteiger partial charge is 0.339 e. The first-order valence-corrected chi connectivity index (χ1v) is 6.98. The molecule has 0 unspecified atom stereocenters. The van der Waals surface area contributed by atoms with Gasteiger partial charge in [-0.15, -0.1) is 0 Å². The van der Waals surface area contributed by atoms with E-state index in [1.54, 1.807) is 23.4 Å². The molecule has 1 aliphatic rings. The predicted octanol–water partition coefficient (Wildman–Crippen LogP) is 2.18. The molecule has 3 heterocycles. The van der Waals surface area contributed by atoms with Crippen LogP contribution in [0.4, 0.5) is 10.5 Å². The van der Waals surface area contributed by atoms with Gasteiger partial charge in [0.05, 0.1) is 11.9 Å². The van der Waals surface area contributed by atoms with Gasteiger partial charge >= 0.3 is 6.03 Å². The van der Waals surface area contributed by atoms with Crippen LogP contribution < -0.4 is 5.32 Å². The summed E-state index contributed by atoms with van der Waals surface area (Å²) >= 11 is 0. The Morgan fingerprint density at radius 3 is 2.86 bits per heavy atom. The molecule has 110 valence electrons. The van der Waals surface area contributed by atoms with Crippen molar-refractivity contribution in [3.05, 3.63) is 36.2 Å².